The molecule has 0 aliphatic rings. The van der Waals surface area contributed by atoms with Crippen molar-refractivity contribution in [1.29, 1.82) is 0 Å². The summed E-state index contributed by atoms with van der Waals surface area (Å²) in [6.45, 7) is 5.89. The van der Waals surface area contributed by atoms with Crippen LogP contribution in [0, 0.1) is 0 Å². The van der Waals surface area contributed by atoms with Crippen molar-refractivity contribution in [2.45, 2.75) is 322 Å². The van der Waals surface area contributed by atoms with Crippen molar-refractivity contribution >= 4 is 8.60 Å². The molecule has 1 N–H and O–H groups in total. The molecular formula is C52H107O3P. The molecule has 0 bridgehead atoms. The van der Waals surface area contributed by atoms with Crippen molar-refractivity contribution in [3.8, 4) is 0 Å². The molecule has 3 nitrogen and oxygen atoms in total. The van der Waals surface area contributed by atoms with E-state index in [1.807, 2.05) is 0 Å². The van der Waals surface area contributed by atoms with Crippen molar-refractivity contribution in [2.24, 2.45) is 0 Å². The van der Waals surface area contributed by atoms with E-state index in [1.165, 1.54) is 295 Å². The summed E-state index contributed by atoms with van der Waals surface area (Å²) in [5.41, 5.74) is 0. The Balaban J connectivity index is 3.14. The molecule has 56 heavy (non-hydrogen) atoms. The minimum absolute atomic E-state index is 0.640. The molecule has 0 fully saturated rings. The normalized spacial score (nSPS) is 11.8. The summed E-state index contributed by atoms with van der Waals surface area (Å²) in [5.74, 6) is 0. The standard InChI is InChI=1S/C52H107O3P/c1-3-5-7-9-11-13-15-17-19-21-23-25-27-29-31-33-35-37-39-41-43-45-47-49-51-54-56(53)55-52-50-48-46-44-42-40-38-36-34-32-30-28-26-24-22-20-18-16-14-12-10-8-6-4-2/h53H,3-52H2,1-2H3. The highest BCUT2D eigenvalue weighted by Gasteiger charge is 2.06. The first-order chi connectivity index (χ1) is 27.8. The number of unbranched alkanes of at least 4 members (excludes halogenated alkanes) is 46. The summed E-state index contributed by atoms with van der Waals surface area (Å²) < 4.78 is 11.1. The van der Waals surface area contributed by atoms with E-state index in [0.717, 1.165) is 12.8 Å². The van der Waals surface area contributed by atoms with Crippen molar-refractivity contribution in [3.05, 3.63) is 0 Å². The average molecular weight is 811 g/mol. The molecule has 0 radical (unpaired) electrons. The van der Waals surface area contributed by atoms with Crippen LogP contribution in [0.5, 0.6) is 0 Å². The highest BCUT2D eigenvalue weighted by atomic mass is 31.2. The first-order valence-corrected chi connectivity index (χ1v) is 27.7. The Morgan fingerprint density at radius 3 is 0.482 bits per heavy atom. The fourth-order valence-corrected chi connectivity index (χ4v) is 9.10. The van der Waals surface area contributed by atoms with Gasteiger partial charge in [-0.1, -0.05) is 309 Å². The van der Waals surface area contributed by atoms with Crippen LogP contribution >= 0.6 is 8.60 Å². The fourth-order valence-electron chi connectivity index (χ4n) is 8.45. The summed E-state index contributed by atoms with van der Waals surface area (Å²) in [6.07, 6.45) is 67.7. The molecule has 0 aliphatic carbocycles. The number of hydrogen-bond acceptors (Lipinski definition) is 3. The molecule has 338 valence electrons. The highest BCUT2D eigenvalue weighted by Crippen LogP contribution is 2.33. The molecule has 0 saturated carbocycles. The zero-order chi connectivity index (χ0) is 40.3. The second-order valence-corrected chi connectivity index (χ2v) is 19.2. The first-order valence-electron chi connectivity index (χ1n) is 26.6. The topological polar surface area (TPSA) is 38.7 Å². The van der Waals surface area contributed by atoms with Crippen molar-refractivity contribution in [3.63, 3.8) is 0 Å². The molecule has 0 heterocycles. The monoisotopic (exact) mass is 811 g/mol. The van der Waals surface area contributed by atoms with Crippen LogP contribution < -0.4 is 0 Å². The highest BCUT2D eigenvalue weighted by molar-refractivity contribution is 7.40. The van der Waals surface area contributed by atoms with Crippen LogP contribution in [0.4, 0.5) is 0 Å². The molecule has 0 spiro atoms. The molecule has 0 atom stereocenters. The lowest BCUT2D eigenvalue weighted by Gasteiger charge is -2.10. The second kappa shape index (κ2) is 53.3. The van der Waals surface area contributed by atoms with Crippen LogP contribution in [0.25, 0.3) is 0 Å². The van der Waals surface area contributed by atoms with Crippen LogP contribution in [0.2, 0.25) is 0 Å². The smallest absolute Gasteiger partial charge is 0.328 e. The zero-order valence-electron chi connectivity index (χ0n) is 39.1. The minimum Gasteiger partial charge on any atom is -0.328 e. The third-order valence-corrected chi connectivity index (χ3v) is 13.2. The van der Waals surface area contributed by atoms with E-state index in [2.05, 4.69) is 13.8 Å². The third-order valence-electron chi connectivity index (χ3n) is 12.4. The van der Waals surface area contributed by atoms with Gasteiger partial charge in [-0.2, -0.15) is 0 Å². The first kappa shape index (κ1) is 56.3. The maximum absolute atomic E-state index is 10.0. The maximum atomic E-state index is 10.0. The SMILES string of the molecule is CCCCCCCCCCCCCCCCCCCCCCCCCCOP(O)OCCCCCCCCCCCCCCCCCCCCCCCCCC. The van der Waals surface area contributed by atoms with E-state index in [1.54, 1.807) is 0 Å². The molecule has 0 aromatic carbocycles. The van der Waals surface area contributed by atoms with Crippen LogP contribution in [0.3, 0.4) is 0 Å². The van der Waals surface area contributed by atoms with Crippen molar-refractivity contribution in [2.75, 3.05) is 13.2 Å². The van der Waals surface area contributed by atoms with Crippen LogP contribution in [-0.2, 0) is 9.05 Å². The van der Waals surface area contributed by atoms with Gasteiger partial charge in [0, 0.05) is 0 Å². The van der Waals surface area contributed by atoms with E-state index in [-0.39, 0.29) is 0 Å². The number of hydrogen-bond donors (Lipinski definition) is 1. The summed E-state index contributed by atoms with van der Waals surface area (Å²) in [5, 5.41) is 0. The Hall–Kier alpha value is 0.310. The summed E-state index contributed by atoms with van der Waals surface area (Å²) in [4.78, 5) is 10.0. The van der Waals surface area contributed by atoms with Gasteiger partial charge in [0.15, 0.2) is 0 Å². The Labute approximate surface area is 356 Å². The maximum Gasteiger partial charge on any atom is 0.329 e. The lowest BCUT2D eigenvalue weighted by Crippen LogP contribution is -1.95. The van der Waals surface area contributed by atoms with E-state index >= 15 is 0 Å². The van der Waals surface area contributed by atoms with E-state index in [4.69, 9.17) is 9.05 Å². The van der Waals surface area contributed by atoms with Gasteiger partial charge >= 0.3 is 8.60 Å². The van der Waals surface area contributed by atoms with Crippen molar-refractivity contribution < 1.29 is 13.9 Å². The molecule has 0 aromatic rings. The lowest BCUT2D eigenvalue weighted by atomic mass is 10.0. The van der Waals surface area contributed by atoms with Gasteiger partial charge in [-0.3, -0.25) is 0 Å². The summed E-state index contributed by atoms with van der Waals surface area (Å²) in [7, 11) is -1.68. The number of rotatable bonds is 52. The Morgan fingerprint density at radius 2 is 0.339 bits per heavy atom. The molecule has 4 heteroatoms. The van der Waals surface area contributed by atoms with Gasteiger partial charge in [-0.25, -0.2) is 0 Å². The van der Waals surface area contributed by atoms with Gasteiger partial charge in [0.2, 0.25) is 0 Å². The van der Waals surface area contributed by atoms with Crippen molar-refractivity contribution in [1.82, 2.24) is 0 Å². The fraction of sp³-hybridized carbons (Fsp3) is 1.00. The molecule has 0 rings (SSSR count). The van der Waals surface area contributed by atoms with E-state index in [0.29, 0.717) is 13.2 Å². The van der Waals surface area contributed by atoms with Crippen LogP contribution in [0.1, 0.15) is 322 Å². The molecule has 0 unspecified atom stereocenters. The van der Waals surface area contributed by atoms with Crippen LogP contribution in [0.15, 0.2) is 0 Å². The molecule has 0 amide bonds. The largest absolute Gasteiger partial charge is 0.329 e. The minimum atomic E-state index is -1.68. The lowest BCUT2D eigenvalue weighted by molar-refractivity contribution is 0.193. The van der Waals surface area contributed by atoms with Gasteiger partial charge in [-0.05, 0) is 12.8 Å². The molecule has 0 aromatic heterocycles. The Morgan fingerprint density at radius 1 is 0.214 bits per heavy atom. The third kappa shape index (κ3) is 52.3. The summed E-state index contributed by atoms with van der Waals surface area (Å²) in [6, 6.07) is 0. The Bertz CT molecular complexity index is 606. The van der Waals surface area contributed by atoms with E-state index < -0.39 is 8.60 Å². The van der Waals surface area contributed by atoms with E-state index in [9.17, 15) is 4.89 Å². The molecular weight excluding hydrogens is 704 g/mol. The second-order valence-electron chi connectivity index (χ2n) is 18.2. The zero-order valence-corrected chi connectivity index (χ0v) is 40.0. The van der Waals surface area contributed by atoms with Gasteiger partial charge in [-0.15, -0.1) is 0 Å². The van der Waals surface area contributed by atoms with Gasteiger partial charge in [0.1, 0.15) is 0 Å². The Kier molecular flexibility index (Phi) is 53.6. The summed E-state index contributed by atoms with van der Waals surface area (Å²) >= 11 is 0. The van der Waals surface area contributed by atoms with Gasteiger partial charge < -0.3 is 13.9 Å². The molecule has 0 saturated heterocycles. The average Bonchev–Trinajstić information content (AvgIpc) is 3.20. The quantitative estimate of drug-likeness (QED) is 0.0491. The predicted molar refractivity (Wildman–Crippen MR) is 254 cm³/mol. The van der Waals surface area contributed by atoms with Gasteiger partial charge in [0.05, 0.1) is 13.2 Å². The molecule has 0 aliphatic heterocycles. The van der Waals surface area contributed by atoms with Crippen LogP contribution in [-0.4, -0.2) is 18.1 Å². The predicted octanol–water partition coefficient (Wildman–Crippen LogP) is 20.0. The van der Waals surface area contributed by atoms with Gasteiger partial charge in [0.25, 0.3) is 0 Å².